The maximum Gasteiger partial charge on any atom is 0.257 e. The summed E-state index contributed by atoms with van der Waals surface area (Å²) in [6.45, 7) is 1.33. The normalized spacial score (nSPS) is 20.7. The van der Waals surface area contributed by atoms with E-state index in [4.69, 9.17) is 9.47 Å². The Morgan fingerprint density at radius 1 is 1.24 bits per heavy atom. The molecule has 2 aromatic rings. The number of anilines is 1. The van der Waals surface area contributed by atoms with Gasteiger partial charge in [-0.3, -0.25) is 14.9 Å². The van der Waals surface area contributed by atoms with Crippen LogP contribution in [-0.4, -0.2) is 43.2 Å². The third kappa shape index (κ3) is 4.59. The first-order chi connectivity index (χ1) is 14.1. The number of benzene rings is 1. The smallest absolute Gasteiger partial charge is 0.257 e. The average Bonchev–Trinajstić information content (AvgIpc) is 3.41. The summed E-state index contributed by atoms with van der Waals surface area (Å²) in [6.07, 6.45) is 4.78. The van der Waals surface area contributed by atoms with Gasteiger partial charge in [-0.1, -0.05) is 0 Å². The molecule has 7 nitrogen and oxygen atoms in total. The van der Waals surface area contributed by atoms with Crippen molar-refractivity contribution >= 4 is 28.3 Å². The minimum atomic E-state index is -0.261. The molecular weight excluding hydrogens is 390 g/mol. The van der Waals surface area contributed by atoms with Crippen molar-refractivity contribution in [1.82, 2.24) is 10.3 Å². The number of thiazole rings is 1. The molecule has 1 aromatic carbocycles. The number of aromatic nitrogens is 1. The van der Waals surface area contributed by atoms with Gasteiger partial charge in [-0.15, -0.1) is 11.3 Å². The maximum absolute atomic E-state index is 12.7. The van der Waals surface area contributed by atoms with Crippen LogP contribution in [-0.2, 0) is 16.0 Å². The number of rotatable bonds is 6. The number of nitrogens with zero attached hydrogens (tertiary/aromatic N) is 1. The second-order valence-electron chi connectivity index (χ2n) is 7.34. The molecule has 2 atom stereocenters. The zero-order valence-corrected chi connectivity index (χ0v) is 17.2. The molecule has 29 heavy (non-hydrogen) atoms. The number of nitrogens with one attached hydrogen (secondary N) is 2. The van der Waals surface area contributed by atoms with Crippen molar-refractivity contribution in [3.63, 3.8) is 0 Å². The molecule has 2 aliphatic rings. The number of hydrogen-bond donors (Lipinski definition) is 2. The SMILES string of the molecule is COc1ccc(C(=O)Nc2nc3c(s2)CCCC3C(=O)NCC2CCCO2)cc1. The van der Waals surface area contributed by atoms with E-state index < -0.39 is 0 Å². The van der Waals surface area contributed by atoms with Crippen molar-refractivity contribution in [3.8, 4) is 5.75 Å². The molecule has 2 heterocycles. The minimum absolute atomic E-state index is 0.000203. The Kier molecular flexibility index (Phi) is 6.10. The summed E-state index contributed by atoms with van der Waals surface area (Å²) in [5.41, 5.74) is 1.33. The van der Waals surface area contributed by atoms with Crippen molar-refractivity contribution in [1.29, 1.82) is 0 Å². The molecule has 0 spiro atoms. The first-order valence-electron chi connectivity index (χ1n) is 9.98. The molecule has 1 saturated heterocycles. The third-order valence-corrected chi connectivity index (χ3v) is 6.42. The Bertz CT molecular complexity index is 875. The summed E-state index contributed by atoms with van der Waals surface area (Å²) in [5.74, 6) is 0.212. The monoisotopic (exact) mass is 415 g/mol. The second-order valence-corrected chi connectivity index (χ2v) is 8.42. The molecule has 154 valence electrons. The molecule has 2 amide bonds. The lowest BCUT2D eigenvalue weighted by atomic mass is 9.90. The first-order valence-corrected chi connectivity index (χ1v) is 10.8. The summed E-state index contributed by atoms with van der Waals surface area (Å²) in [4.78, 5) is 30.9. The van der Waals surface area contributed by atoms with E-state index in [9.17, 15) is 9.59 Å². The van der Waals surface area contributed by atoms with Crippen molar-refractivity contribution < 1.29 is 19.1 Å². The molecule has 0 radical (unpaired) electrons. The van der Waals surface area contributed by atoms with Crippen LogP contribution in [0.3, 0.4) is 0 Å². The molecule has 2 unspecified atom stereocenters. The number of hydrogen-bond acceptors (Lipinski definition) is 6. The van der Waals surface area contributed by atoms with Crippen LogP contribution >= 0.6 is 11.3 Å². The standard InChI is InChI=1S/C21H25N3O4S/c1-27-14-9-7-13(8-10-14)19(25)24-21-23-18-16(5-2-6-17(18)29-21)20(26)22-12-15-4-3-11-28-15/h7-10,15-16H,2-6,11-12H2,1H3,(H,22,26)(H,23,24,25). The molecule has 1 fully saturated rings. The number of aryl methyl sites for hydroxylation is 1. The minimum Gasteiger partial charge on any atom is -0.497 e. The van der Waals surface area contributed by atoms with Gasteiger partial charge in [-0.2, -0.15) is 0 Å². The van der Waals surface area contributed by atoms with Crippen LogP contribution in [0.15, 0.2) is 24.3 Å². The summed E-state index contributed by atoms with van der Waals surface area (Å²) in [7, 11) is 1.59. The van der Waals surface area contributed by atoms with Crippen molar-refractivity contribution in [2.45, 2.75) is 44.1 Å². The number of ether oxygens (including phenoxy) is 2. The molecule has 0 bridgehead atoms. The molecule has 1 aromatic heterocycles. The highest BCUT2D eigenvalue weighted by Gasteiger charge is 2.31. The van der Waals surface area contributed by atoms with Gasteiger partial charge in [0, 0.05) is 23.6 Å². The Labute approximate surface area is 173 Å². The Balaban J connectivity index is 1.41. The van der Waals surface area contributed by atoms with E-state index in [2.05, 4.69) is 15.6 Å². The predicted octanol–water partition coefficient (Wildman–Crippen LogP) is 3.12. The van der Waals surface area contributed by atoms with Crippen LogP contribution in [0.1, 0.15) is 52.5 Å². The largest absolute Gasteiger partial charge is 0.497 e. The molecule has 1 aliphatic carbocycles. The van der Waals surface area contributed by atoms with Crippen LogP contribution in [0.4, 0.5) is 5.13 Å². The highest BCUT2D eigenvalue weighted by molar-refractivity contribution is 7.15. The van der Waals surface area contributed by atoms with E-state index in [0.29, 0.717) is 23.0 Å². The molecule has 1 aliphatic heterocycles. The lowest BCUT2D eigenvalue weighted by molar-refractivity contribution is -0.123. The van der Waals surface area contributed by atoms with Gasteiger partial charge in [0.15, 0.2) is 5.13 Å². The fraction of sp³-hybridized carbons (Fsp3) is 0.476. The fourth-order valence-electron chi connectivity index (χ4n) is 3.78. The Hall–Kier alpha value is -2.45. The Morgan fingerprint density at radius 3 is 2.79 bits per heavy atom. The molecule has 4 rings (SSSR count). The van der Waals surface area contributed by atoms with Crippen LogP contribution in [0.2, 0.25) is 0 Å². The Morgan fingerprint density at radius 2 is 2.07 bits per heavy atom. The molecule has 0 saturated carbocycles. The van der Waals surface area contributed by atoms with E-state index in [0.717, 1.165) is 49.3 Å². The second kappa shape index (κ2) is 8.92. The first kappa shape index (κ1) is 19.8. The highest BCUT2D eigenvalue weighted by atomic mass is 32.1. The fourth-order valence-corrected chi connectivity index (χ4v) is 4.84. The lowest BCUT2D eigenvalue weighted by Crippen LogP contribution is -2.36. The number of amides is 2. The van der Waals surface area contributed by atoms with Crippen molar-refractivity contribution in [2.24, 2.45) is 0 Å². The summed E-state index contributed by atoms with van der Waals surface area (Å²) >= 11 is 1.46. The van der Waals surface area contributed by atoms with Crippen molar-refractivity contribution in [2.75, 3.05) is 25.6 Å². The molecule has 8 heteroatoms. The molecular formula is C21H25N3O4S. The summed E-state index contributed by atoms with van der Waals surface area (Å²) < 4.78 is 10.7. The van der Waals surface area contributed by atoms with Crippen molar-refractivity contribution in [3.05, 3.63) is 40.4 Å². The maximum atomic E-state index is 12.7. The van der Waals surface area contributed by atoms with E-state index in [1.54, 1.807) is 31.4 Å². The van der Waals surface area contributed by atoms with Gasteiger partial charge < -0.3 is 14.8 Å². The third-order valence-electron chi connectivity index (χ3n) is 5.37. The van der Waals surface area contributed by atoms with E-state index in [-0.39, 0.29) is 23.8 Å². The van der Waals surface area contributed by atoms with E-state index in [1.165, 1.54) is 11.3 Å². The summed E-state index contributed by atoms with van der Waals surface area (Å²) in [5, 5.41) is 6.43. The zero-order chi connectivity index (χ0) is 20.2. The van der Waals surface area contributed by atoms with E-state index >= 15 is 0 Å². The topological polar surface area (TPSA) is 89.5 Å². The summed E-state index contributed by atoms with van der Waals surface area (Å²) in [6, 6.07) is 6.92. The quantitative estimate of drug-likeness (QED) is 0.757. The van der Waals surface area contributed by atoms with Crippen LogP contribution in [0.25, 0.3) is 0 Å². The van der Waals surface area contributed by atoms with Crippen LogP contribution in [0.5, 0.6) is 5.75 Å². The number of carbonyl (C=O) groups is 2. The molecule has 2 N–H and O–H groups in total. The highest BCUT2D eigenvalue weighted by Crippen LogP contribution is 2.37. The van der Waals surface area contributed by atoms with Crippen LogP contribution in [0, 0.1) is 0 Å². The predicted molar refractivity (Wildman–Crippen MR) is 111 cm³/mol. The van der Waals surface area contributed by atoms with Gasteiger partial charge in [-0.05, 0) is 56.4 Å². The van der Waals surface area contributed by atoms with Gasteiger partial charge in [0.2, 0.25) is 5.91 Å². The number of methoxy groups -OCH3 is 1. The van der Waals surface area contributed by atoms with Gasteiger partial charge in [0.05, 0.1) is 24.8 Å². The zero-order valence-electron chi connectivity index (χ0n) is 16.4. The number of carbonyl (C=O) groups excluding carboxylic acids is 2. The van der Waals surface area contributed by atoms with Gasteiger partial charge >= 0.3 is 0 Å². The van der Waals surface area contributed by atoms with Crippen LogP contribution < -0.4 is 15.4 Å². The van der Waals surface area contributed by atoms with E-state index in [1.807, 2.05) is 0 Å². The van der Waals surface area contributed by atoms with Gasteiger partial charge in [-0.25, -0.2) is 4.98 Å². The van der Waals surface area contributed by atoms with Gasteiger partial charge in [0.1, 0.15) is 5.75 Å². The lowest BCUT2D eigenvalue weighted by Gasteiger charge is -2.21. The number of fused-ring (bicyclic) bond motifs is 1. The van der Waals surface area contributed by atoms with Gasteiger partial charge in [0.25, 0.3) is 5.91 Å². The average molecular weight is 416 g/mol.